The molecule has 0 aliphatic heterocycles. The fraction of sp³-hybridized carbons (Fsp3) is 0.333. The molecule has 2 aromatic rings. The molecule has 1 aromatic carbocycles. The second kappa shape index (κ2) is 7.78. The molecule has 0 saturated carbocycles. The normalized spacial score (nSPS) is 10.9. The van der Waals surface area contributed by atoms with Crippen molar-refractivity contribution in [3.63, 3.8) is 0 Å². The van der Waals surface area contributed by atoms with Gasteiger partial charge in [-0.05, 0) is 24.8 Å². The van der Waals surface area contributed by atoms with Crippen LogP contribution in [0.5, 0.6) is 0 Å². The summed E-state index contributed by atoms with van der Waals surface area (Å²) in [7, 11) is 0. The predicted octanol–water partition coefficient (Wildman–Crippen LogP) is 3.61. The summed E-state index contributed by atoms with van der Waals surface area (Å²) in [4.78, 5) is 19.2. The van der Waals surface area contributed by atoms with Crippen LogP contribution in [-0.4, -0.2) is 21.3 Å². The summed E-state index contributed by atoms with van der Waals surface area (Å²) in [5.41, 5.74) is 0.596. The van der Waals surface area contributed by atoms with E-state index < -0.39 is 11.6 Å². The molecule has 22 heavy (non-hydrogen) atoms. The number of H-pyrrole nitrogens is 1. The number of rotatable bonds is 6. The largest absolute Gasteiger partial charge is 0.301 e. The van der Waals surface area contributed by atoms with E-state index in [0.717, 1.165) is 5.08 Å². The van der Waals surface area contributed by atoms with Gasteiger partial charge in [-0.2, -0.15) is 11.8 Å². The third kappa shape index (κ3) is 3.89. The number of hydrogen-bond donors (Lipinski definition) is 1. The topological polar surface area (TPSA) is 45.8 Å². The Kier molecular flexibility index (Phi) is 6.02. The summed E-state index contributed by atoms with van der Waals surface area (Å²) in [5.74, 6) is -1.25. The van der Waals surface area contributed by atoms with Crippen LogP contribution in [-0.2, 0) is 12.8 Å². The summed E-state index contributed by atoms with van der Waals surface area (Å²) in [6, 6.07) is 3.74. The standard InChI is InChI=1S/C15H16F2N2OS2/c1-3-9-13(7-10-11(16)5-4-6-12(10)17)18-15(19-14(9)20)22-8-21-2/h4-6H,3,7-8H2,1-2H3,(H,18,19,20). The summed E-state index contributed by atoms with van der Waals surface area (Å²) >= 11 is 3.00. The Hall–Kier alpha value is -1.34. The quantitative estimate of drug-likeness (QED) is 0.495. The molecule has 0 atom stereocenters. The van der Waals surface area contributed by atoms with Gasteiger partial charge in [0.05, 0.1) is 5.69 Å². The number of aromatic amines is 1. The van der Waals surface area contributed by atoms with Gasteiger partial charge in [0.1, 0.15) is 11.6 Å². The Bertz CT molecular complexity index is 699. The number of halogens is 2. The smallest absolute Gasteiger partial charge is 0.254 e. The average molecular weight is 342 g/mol. The zero-order chi connectivity index (χ0) is 16.1. The van der Waals surface area contributed by atoms with Crippen LogP contribution < -0.4 is 5.56 Å². The fourth-order valence-electron chi connectivity index (χ4n) is 2.08. The molecule has 2 rings (SSSR count). The highest BCUT2D eigenvalue weighted by Crippen LogP contribution is 2.21. The maximum Gasteiger partial charge on any atom is 0.254 e. The molecule has 1 aromatic heterocycles. The van der Waals surface area contributed by atoms with Crippen molar-refractivity contribution in [1.29, 1.82) is 0 Å². The van der Waals surface area contributed by atoms with E-state index in [4.69, 9.17) is 0 Å². The van der Waals surface area contributed by atoms with Gasteiger partial charge in [0.15, 0.2) is 5.16 Å². The first kappa shape index (κ1) is 17.0. The van der Waals surface area contributed by atoms with Crippen molar-refractivity contribution >= 4 is 23.5 Å². The summed E-state index contributed by atoms with van der Waals surface area (Å²) in [6.45, 7) is 1.82. The van der Waals surface area contributed by atoms with E-state index in [1.165, 1.54) is 30.0 Å². The molecule has 0 unspecified atom stereocenters. The summed E-state index contributed by atoms with van der Waals surface area (Å²) < 4.78 is 27.6. The molecule has 1 heterocycles. The number of thioether (sulfide) groups is 2. The average Bonchev–Trinajstić information content (AvgIpc) is 2.49. The number of benzene rings is 1. The molecule has 0 radical (unpaired) electrons. The van der Waals surface area contributed by atoms with Crippen molar-refractivity contribution in [2.75, 3.05) is 11.3 Å². The van der Waals surface area contributed by atoms with Gasteiger partial charge in [0.25, 0.3) is 5.56 Å². The van der Waals surface area contributed by atoms with Gasteiger partial charge in [-0.15, -0.1) is 0 Å². The van der Waals surface area contributed by atoms with Gasteiger partial charge >= 0.3 is 0 Å². The van der Waals surface area contributed by atoms with Gasteiger partial charge in [0, 0.05) is 22.6 Å². The van der Waals surface area contributed by atoms with Crippen LogP contribution >= 0.6 is 23.5 Å². The van der Waals surface area contributed by atoms with Gasteiger partial charge in [-0.1, -0.05) is 24.8 Å². The predicted molar refractivity (Wildman–Crippen MR) is 87.6 cm³/mol. The molecule has 0 aliphatic carbocycles. The van der Waals surface area contributed by atoms with E-state index in [1.807, 2.05) is 13.2 Å². The Morgan fingerprint density at radius 1 is 1.23 bits per heavy atom. The van der Waals surface area contributed by atoms with Crippen LogP contribution in [0.1, 0.15) is 23.7 Å². The molecular formula is C15H16F2N2OS2. The van der Waals surface area contributed by atoms with E-state index in [-0.39, 0.29) is 17.5 Å². The first-order valence-corrected chi connectivity index (χ1v) is 9.11. The van der Waals surface area contributed by atoms with Gasteiger partial charge < -0.3 is 4.98 Å². The third-order valence-corrected chi connectivity index (χ3v) is 5.03. The molecule has 0 amide bonds. The highest BCUT2D eigenvalue weighted by atomic mass is 32.2. The van der Waals surface area contributed by atoms with Crippen LogP contribution in [0.3, 0.4) is 0 Å². The molecule has 118 valence electrons. The second-order valence-electron chi connectivity index (χ2n) is 4.58. The van der Waals surface area contributed by atoms with E-state index in [2.05, 4.69) is 9.97 Å². The Labute approximate surface area is 135 Å². The summed E-state index contributed by atoms with van der Waals surface area (Å²) in [5, 5.41) is 1.21. The number of nitrogens with zero attached hydrogens (tertiary/aromatic N) is 1. The lowest BCUT2D eigenvalue weighted by molar-refractivity contribution is 0.559. The lowest BCUT2D eigenvalue weighted by Gasteiger charge is -2.10. The van der Waals surface area contributed by atoms with Crippen molar-refractivity contribution in [1.82, 2.24) is 9.97 Å². The summed E-state index contributed by atoms with van der Waals surface area (Å²) in [6.07, 6.45) is 2.38. The van der Waals surface area contributed by atoms with Crippen LogP contribution in [0.4, 0.5) is 8.78 Å². The zero-order valence-corrected chi connectivity index (χ0v) is 13.9. The van der Waals surface area contributed by atoms with Gasteiger partial charge in [0.2, 0.25) is 0 Å². The van der Waals surface area contributed by atoms with Crippen molar-refractivity contribution in [2.24, 2.45) is 0 Å². The van der Waals surface area contributed by atoms with E-state index in [0.29, 0.717) is 22.8 Å². The third-order valence-electron chi connectivity index (χ3n) is 3.15. The first-order chi connectivity index (χ1) is 10.6. The molecule has 0 bridgehead atoms. The number of nitrogens with one attached hydrogen (secondary N) is 1. The van der Waals surface area contributed by atoms with Crippen molar-refractivity contribution in [3.05, 3.63) is 57.0 Å². The van der Waals surface area contributed by atoms with Crippen LogP contribution in [0.25, 0.3) is 0 Å². The Morgan fingerprint density at radius 3 is 2.50 bits per heavy atom. The number of aromatic nitrogens is 2. The fourth-order valence-corrected chi connectivity index (χ4v) is 3.34. The van der Waals surface area contributed by atoms with Gasteiger partial charge in [-0.3, -0.25) is 4.79 Å². The number of hydrogen-bond acceptors (Lipinski definition) is 4. The van der Waals surface area contributed by atoms with Crippen LogP contribution in [0.15, 0.2) is 28.2 Å². The maximum absolute atomic E-state index is 13.8. The minimum Gasteiger partial charge on any atom is -0.301 e. The monoisotopic (exact) mass is 342 g/mol. The molecule has 0 spiro atoms. The molecule has 0 fully saturated rings. The minimum atomic E-state index is -0.623. The molecule has 3 nitrogen and oxygen atoms in total. The van der Waals surface area contributed by atoms with Crippen molar-refractivity contribution in [3.8, 4) is 0 Å². The zero-order valence-electron chi connectivity index (χ0n) is 12.3. The first-order valence-electron chi connectivity index (χ1n) is 6.73. The maximum atomic E-state index is 13.8. The van der Waals surface area contributed by atoms with E-state index >= 15 is 0 Å². The van der Waals surface area contributed by atoms with Gasteiger partial charge in [-0.25, -0.2) is 13.8 Å². The van der Waals surface area contributed by atoms with Crippen LogP contribution in [0.2, 0.25) is 0 Å². The molecule has 0 saturated heterocycles. The molecule has 7 heteroatoms. The van der Waals surface area contributed by atoms with E-state index in [9.17, 15) is 13.6 Å². The van der Waals surface area contributed by atoms with E-state index in [1.54, 1.807) is 11.8 Å². The molecular weight excluding hydrogens is 326 g/mol. The SMILES string of the molecule is CCc1c(Cc2c(F)cccc2F)nc(SCSC)[nH]c1=O. The Balaban J connectivity index is 2.44. The highest BCUT2D eigenvalue weighted by molar-refractivity contribution is 8.15. The lowest BCUT2D eigenvalue weighted by atomic mass is 10.0. The van der Waals surface area contributed by atoms with Crippen LogP contribution in [0, 0.1) is 11.6 Å². The second-order valence-corrected chi connectivity index (χ2v) is 6.77. The lowest BCUT2D eigenvalue weighted by Crippen LogP contribution is -2.19. The minimum absolute atomic E-state index is 0.0293. The van der Waals surface area contributed by atoms with Crippen molar-refractivity contribution < 1.29 is 8.78 Å². The highest BCUT2D eigenvalue weighted by Gasteiger charge is 2.15. The molecule has 0 aliphatic rings. The Morgan fingerprint density at radius 2 is 1.91 bits per heavy atom. The molecule has 1 N–H and O–H groups in total. The van der Waals surface area contributed by atoms with Crippen molar-refractivity contribution in [2.45, 2.75) is 24.9 Å².